The highest BCUT2D eigenvalue weighted by Gasteiger charge is 2.20. The minimum atomic E-state index is -0.387. The molecule has 1 heterocycles. The Labute approximate surface area is 188 Å². The first kappa shape index (κ1) is 23.1. The minimum Gasteiger partial charge on any atom is -0.354 e. The summed E-state index contributed by atoms with van der Waals surface area (Å²) < 4.78 is 0. The predicted octanol–water partition coefficient (Wildman–Crippen LogP) is 3.54. The SMILES string of the molecule is CN=C(NCc1ccc([N+](=O)[O-])cc1)NC1CCN(Cc2ccccc2)CC1.I. The molecule has 0 radical (unpaired) electrons. The molecular formula is C21H28IN5O2. The Morgan fingerprint density at radius 1 is 1.10 bits per heavy atom. The van der Waals surface area contributed by atoms with Crippen molar-refractivity contribution in [2.75, 3.05) is 20.1 Å². The fourth-order valence-corrected chi connectivity index (χ4v) is 3.39. The molecule has 2 aromatic carbocycles. The molecule has 8 heteroatoms. The molecule has 156 valence electrons. The lowest BCUT2D eigenvalue weighted by Crippen LogP contribution is -2.48. The van der Waals surface area contributed by atoms with Gasteiger partial charge in [-0.15, -0.1) is 24.0 Å². The van der Waals surface area contributed by atoms with Gasteiger partial charge in [0.25, 0.3) is 5.69 Å². The third kappa shape index (κ3) is 7.28. The second-order valence-electron chi connectivity index (χ2n) is 7.03. The summed E-state index contributed by atoms with van der Waals surface area (Å²) in [6, 6.07) is 17.5. The van der Waals surface area contributed by atoms with E-state index in [1.165, 1.54) is 17.7 Å². The van der Waals surface area contributed by atoms with Crippen LogP contribution in [0.1, 0.15) is 24.0 Å². The molecule has 0 aliphatic carbocycles. The van der Waals surface area contributed by atoms with Crippen LogP contribution in [0.25, 0.3) is 0 Å². The van der Waals surface area contributed by atoms with Crippen LogP contribution in [0.15, 0.2) is 59.6 Å². The first-order valence-electron chi connectivity index (χ1n) is 9.61. The van der Waals surface area contributed by atoms with Crippen molar-refractivity contribution >= 4 is 35.6 Å². The van der Waals surface area contributed by atoms with Gasteiger partial charge in [-0.05, 0) is 24.0 Å². The van der Waals surface area contributed by atoms with E-state index >= 15 is 0 Å². The maximum Gasteiger partial charge on any atom is 0.269 e. The third-order valence-corrected chi connectivity index (χ3v) is 5.01. The summed E-state index contributed by atoms with van der Waals surface area (Å²) in [6.07, 6.45) is 2.15. The summed E-state index contributed by atoms with van der Waals surface area (Å²) in [4.78, 5) is 17.1. The van der Waals surface area contributed by atoms with E-state index in [4.69, 9.17) is 0 Å². The monoisotopic (exact) mass is 509 g/mol. The number of likely N-dealkylation sites (tertiary alicyclic amines) is 1. The number of piperidine rings is 1. The predicted molar refractivity (Wildman–Crippen MR) is 127 cm³/mol. The Balaban J connectivity index is 0.00000300. The Kier molecular flexibility index (Phi) is 9.33. The van der Waals surface area contributed by atoms with E-state index in [2.05, 4.69) is 50.9 Å². The molecule has 0 saturated carbocycles. The summed E-state index contributed by atoms with van der Waals surface area (Å²) >= 11 is 0. The normalized spacial score (nSPS) is 15.4. The molecule has 3 rings (SSSR count). The number of nitrogens with zero attached hydrogens (tertiary/aromatic N) is 3. The molecule has 1 aliphatic rings. The van der Waals surface area contributed by atoms with Crippen LogP contribution >= 0.6 is 24.0 Å². The lowest BCUT2D eigenvalue weighted by atomic mass is 10.0. The number of rotatable bonds is 6. The summed E-state index contributed by atoms with van der Waals surface area (Å²) in [5, 5.41) is 17.5. The van der Waals surface area contributed by atoms with Crippen LogP contribution in [-0.4, -0.2) is 42.0 Å². The molecule has 0 bridgehead atoms. The number of nitro groups is 1. The van der Waals surface area contributed by atoms with Crippen molar-refractivity contribution in [1.29, 1.82) is 0 Å². The van der Waals surface area contributed by atoms with Crippen molar-refractivity contribution in [3.8, 4) is 0 Å². The molecule has 0 amide bonds. The molecule has 1 saturated heterocycles. The molecule has 0 aromatic heterocycles. The van der Waals surface area contributed by atoms with Gasteiger partial charge in [0, 0.05) is 51.4 Å². The van der Waals surface area contributed by atoms with Gasteiger partial charge >= 0.3 is 0 Å². The maximum absolute atomic E-state index is 10.7. The molecule has 2 N–H and O–H groups in total. The van der Waals surface area contributed by atoms with Gasteiger partial charge < -0.3 is 10.6 Å². The van der Waals surface area contributed by atoms with Crippen molar-refractivity contribution in [3.05, 3.63) is 75.8 Å². The van der Waals surface area contributed by atoms with E-state index in [0.29, 0.717) is 12.6 Å². The Hall–Kier alpha value is -2.20. The first-order chi connectivity index (χ1) is 13.6. The van der Waals surface area contributed by atoms with E-state index < -0.39 is 0 Å². The smallest absolute Gasteiger partial charge is 0.269 e. The van der Waals surface area contributed by atoms with Gasteiger partial charge in [0.1, 0.15) is 0 Å². The number of hydrogen-bond donors (Lipinski definition) is 2. The van der Waals surface area contributed by atoms with E-state index in [-0.39, 0.29) is 34.6 Å². The first-order valence-corrected chi connectivity index (χ1v) is 9.61. The van der Waals surface area contributed by atoms with Crippen LogP contribution < -0.4 is 10.6 Å². The van der Waals surface area contributed by atoms with Crippen molar-refractivity contribution in [2.24, 2.45) is 4.99 Å². The summed E-state index contributed by atoms with van der Waals surface area (Å²) in [7, 11) is 1.76. The van der Waals surface area contributed by atoms with Crippen LogP contribution in [0.5, 0.6) is 0 Å². The van der Waals surface area contributed by atoms with Crippen molar-refractivity contribution in [1.82, 2.24) is 15.5 Å². The number of hydrogen-bond acceptors (Lipinski definition) is 4. The van der Waals surface area contributed by atoms with Crippen LogP contribution in [0.2, 0.25) is 0 Å². The van der Waals surface area contributed by atoms with Crippen LogP contribution in [0.4, 0.5) is 5.69 Å². The van der Waals surface area contributed by atoms with Crippen LogP contribution in [0, 0.1) is 10.1 Å². The van der Waals surface area contributed by atoms with Crippen molar-refractivity contribution < 1.29 is 4.92 Å². The number of nitro benzene ring substituents is 1. The highest BCUT2D eigenvalue weighted by atomic mass is 127. The zero-order chi connectivity index (χ0) is 19.8. The molecule has 1 fully saturated rings. The van der Waals surface area contributed by atoms with Crippen molar-refractivity contribution in [3.63, 3.8) is 0 Å². The van der Waals surface area contributed by atoms with Crippen LogP contribution in [0.3, 0.4) is 0 Å². The van der Waals surface area contributed by atoms with Gasteiger partial charge in [0.05, 0.1) is 4.92 Å². The Bertz CT molecular complexity index is 790. The van der Waals surface area contributed by atoms with E-state index in [1.807, 2.05) is 0 Å². The highest BCUT2D eigenvalue weighted by molar-refractivity contribution is 14.0. The van der Waals surface area contributed by atoms with E-state index in [0.717, 1.165) is 44.0 Å². The summed E-state index contributed by atoms with van der Waals surface area (Å²) in [5.41, 5.74) is 2.44. The number of halogens is 1. The second-order valence-corrected chi connectivity index (χ2v) is 7.03. The minimum absolute atomic E-state index is 0. The van der Waals surface area contributed by atoms with Gasteiger partial charge in [0.2, 0.25) is 0 Å². The molecule has 2 aromatic rings. The van der Waals surface area contributed by atoms with Crippen molar-refractivity contribution in [2.45, 2.75) is 32.0 Å². The van der Waals surface area contributed by atoms with Gasteiger partial charge in [0.15, 0.2) is 5.96 Å². The number of nitrogens with one attached hydrogen (secondary N) is 2. The quantitative estimate of drug-likeness (QED) is 0.205. The standard InChI is InChI=1S/C21H27N5O2.HI/c1-22-21(23-15-17-7-9-20(10-8-17)26(27)28)24-19-11-13-25(14-12-19)16-18-5-3-2-4-6-18;/h2-10,19H,11-16H2,1H3,(H2,22,23,24);1H. The number of benzene rings is 2. The summed E-state index contributed by atoms with van der Waals surface area (Å²) in [6.45, 7) is 3.70. The lowest BCUT2D eigenvalue weighted by Gasteiger charge is -2.33. The second kappa shape index (κ2) is 11.7. The molecule has 0 atom stereocenters. The molecular weight excluding hydrogens is 481 g/mol. The molecule has 1 aliphatic heterocycles. The number of guanidine groups is 1. The largest absolute Gasteiger partial charge is 0.354 e. The fraction of sp³-hybridized carbons (Fsp3) is 0.381. The molecule has 0 unspecified atom stereocenters. The van der Waals surface area contributed by atoms with E-state index in [1.54, 1.807) is 19.2 Å². The van der Waals surface area contributed by atoms with Gasteiger partial charge in [-0.25, -0.2) is 0 Å². The molecule has 7 nitrogen and oxygen atoms in total. The van der Waals surface area contributed by atoms with Gasteiger partial charge in [-0.3, -0.25) is 20.0 Å². The number of non-ortho nitro benzene ring substituents is 1. The van der Waals surface area contributed by atoms with Gasteiger partial charge in [-0.1, -0.05) is 42.5 Å². The zero-order valence-corrected chi connectivity index (χ0v) is 18.9. The Morgan fingerprint density at radius 3 is 2.34 bits per heavy atom. The number of aliphatic imine (C=N–C) groups is 1. The average Bonchev–Trinajstić information content (AvgIpc) is 2.73. The summed E-state index contributed by atoms with van der Waals surface area (Å²) in [5.74, 6) is 0.764. The average molecular weight is 509 g/mol. The zero-order valence-electron chi connectivity index (χ0n) is 16.6. The maximum atomic E-state index is 10.7. The fourth-order valence-electron chi connectivity index (χ4n) is 3.39. The molecule has 0 spiro atoms. The van der Waals surface area contributed by atoms with Gasteiger partial charge in [-0.2, -0.15) is 0 Å². The third-order valence-electron chi connectivity index (χ3n) is 5.01. The van der Waals surface area contributed by atoms with Crippen LogP contribution in [-0.2, 0) is 13.1 Å². The topological polar surface area (TPSA) is 82.8 Å². The Morgan fingerprint density at radius 2 is 1.76 bits per heavy atom. The lowest BCUT2D eigenvalue weighted by molar-refractivity contribution is -0.384. The van der Waals surface area contributed by atoms with E-state index in [9.17, 15) is 10.1 Å². The highest BCUT2D eigenvalue weighted by Crippen LogP contribution is 2.14. The molecule has 29 heavy (non-hydrogen) atoms.